The summed E-state index contributed by atoms with van der Waals surface area (Å²) in [5.74, 6) is 5.54. The fourth-order valence-electron chi connectivity index (χ4n) is 12.2. The van der Waals surface area contributed by atoms with Crippen molar-refractivity contribution in [2.75, 3.05) is 13.2 Å². The Morgan fingerprint density at radius 2 is 0.929 bits per heavy atom. The molecule has 0 radical (unpaired) electrons. The van der Waals surface area contributed by atoms with Crippen LogP contribution in [0.3, 0.4) is 0 Å². The zero-order chi connectivity index (χ0) is 28.5. The summed E-state index contributed by atoms with van der Waals surface area (Å²) in [5, 5.41) is 0. The van der Waals surface area contributed by atoms with Gasteiger partial charge in [0.15, 0.2) is 0 Å². The van der Waals surface area contributed by atoms with Crippen LogP contribution in [0.25, 0.3) is 0 Å². The maximum absolute atomic E-state index is 12.7. The number of aryl methyl sites for hydroxylation is 2. The monoisotopic (exact) mass is 566 g/mol. The largest absolute Gasteiger partial charge is 0.508 e. The fraction of sp³-hybridized carbons (Fsp3) is 0.667. The van der Waals surface area contributed by atoms with Crippen LogP contribution in [-0.4, -0.2) is 19.4 Å². The van der Waals surface area contributed by atoms with Gasteiger partial charge in [-0.2, -0.15) is 0 Å². The molecule has 42 heavy (non-hydrogen) atoms. The van der Waals surface area contributed by atoms with Gasteiger partial charge in [0.1, 0.15) is 0 Å². The van der Waals surface area contributed by atoms with Crippen LogP contribution >= 0.6 is 0 Å². The third kappa shape index (κ3) is 4.91. The quantitative estimate of drug-likeness (QED) is 0.299. The number of hydrogen-bond donors (Lipinski definition) is 0. The molecule has 8 bridgehead atoms. The van der Waals surface area contributed by atoms with Gasteiger partial charge in [-0.15, -0.1) is 0 Å². The second-order valence-electron chi connectivity index (χ2n) is 16.2. The first-order valence-corrected chi connectivity index (χ1v) is 17.3. The van der Waals surface area contributed by atoms with Crippen LogP contribution in [0.15, 0.2) is 36.4 Å². The minimum atomic E-state index is -0.512. The van der Waals surface area contributed by atoms with Gasteiger partial charge in [0.2, 0.25) is 0 Å². The molecule has 2 aromatic rings. The molecule has 10 rings (SSSR count). The summed E-state index contributed by atoms with van der Waals surface area (Å²) in [6.45, 7) is 5.24. The van der Waals surface area contributed by atoms with Crippen LogP contribution in [-0.2, 0) is 33.1 Å². The van der Waals surface area contributed by atoms with Gasteiger partial charge in [-0.25, -0.2) is 4.79 Å². The van der Waals surface area contributed by atoms with E-state index >= 15 is 0 Å². The lowest BCUT2D eigenvalue weighted by Gasteiger charge is -2.57. The van der Waals surface area contributed by atoms with Crippen molar-refractivity contribution in [1.82, 2.24) is 0 Å². The molecular formula is C39H50O3. The summed E-state index contributed by atoms with van der Waals surface area (Å²) >= 11 is 0. The Bertz CT molecular complexity index is 1180. The SMILES string of the molecule is Cc1ccc(CCOC(=O)OCCc2ccc(C)cc2C23CC4CC(CC(C4)C2)C3)c(C23CC4CC(CC(C4)C2)C3)c1. The average Bonchev–Trinajstić information content (AvgIpc) is 2.93. The third-order valence-corrected chi connectivity index (χ3v) is 12.9. The predicted octanol–water partition coefficient (Wildman–Crippen LogP) is 9.18. The molecule has 0 unspecified atom stereocenters. The summed E-state index contributed by atoms with van der Waals surface area (Å²) in [4.78, 5) is 12.7. The Labute approximate surface area is 253 Å². The molecule has 224 valence electrons. The van der Waals surface area contributed by atoms with Gasteiger partial charge in [-0.1, -0.05) is 47.5 Å². The summed E-state index contributed by atoms with van der Waals surface area (Å²) in [6, 6.07) is 14.0. The van der Waals surface area contributed by atoms with E-state index in [0.29, 0.717) is 24.0 Å². The maximum Gasteiger partial charge on any atom is 0.508 e. The van der Waals surface area contributed by atoms with Crippen molar-refractivity contribution in [1.29, 1.82) is 0 Å². The molecule has 2 aromatic carbocycles. The van der Waals surface area contributed by atoms with Crippen LogP contribution < -0.4 is 0 Å². The van der Waals surface area contributed by atoms with Crippen molar-refractivity contribution in [3.63, 3.8) is 0 Å². The highest BCUT2D eigenvalue weighted by Gasteiger charge is 2.53. The van der Waals surface area contributed by atoms with Crippen LogP contribution in [0.5, 0.6) is 0 Å². The van der Waals surface area contributed by atoms with Gasteiger partial charge in [0.05, 0.1) is 13.2 Å². The van der Waals surface area contributed by atoms with Crippen molar-refractivity contribution in [2.45, 2.75) is 115 Å². The lowest BCUT2D eigenvalue weighted by Crippen LogP contribution is -2.49. The van der Waals surface area contributed by atoms with E-state index in [1.807, 2.05) is 0 Å². The minimum Gasteiger partial charge on any atom is -0.434 e. The van der Waals surface area contributed by atoms with Gasteiger partial charge in [-0.3, -0.25) is 0 Å². The molecule has 0 atom stereocenters. The van der Waals surface area contributed by atoms with Gasteiger partial charge >= 0.3 is 6.16 Å². The Morgan fingerprint density at radius 1 is 0.595 bits per heavy atom. The molecule has 0 aliphatic heterocycles. The number of carbonyl (C=O) groups is 1. The van der Waals surface area contributed by atoms with Gasteiger partial charge in [0.25, 0.3) is 0 Å². The van der Waals surface area contributed by atoms with E-state index in [1.165, 1.54) is 99.3 Å². The van der Waals surface area contributed by atoms with Crippen LogP contribution in [0.2, 0.25) is 0 Å². The first-order chi connectivity index (χ1) is 20.3. The Hall–Kier alpha value is -2.29. The Balaban J connectivity index is 0.888. The molecule has 8 fully saturated rings. The molecule has 8 saturated carbocycles. The summed E-state index contributed by atoms with van der Waals surface area (Å²) in [6.07, 6.45) is 18.0. The molecule has 3 heteroatoms. The second kappa shape index (κ2) is 10.4. The molecule has 8 aliphatic carbocycles. The highest BCUT2D eigenvalue weighted by atomic mass is 16.7. The van der Waals surface area contributed by atoms with Crippen molar-refractivity contribution < 1.29 is 14.3 Å². The first kappa shape index (κ1) is 27.3. The van der Waals surface area contributed by atoms with Crippen LogP contribution in [0, 0.1) is 49.4 Å². The highest BCUT2D eigenvalue weighted by Crippen LogP contribution is 2.62. The molecular weight excluding hydrogens is 516 g/mol. The molecule has 0 heterocycles. The predicted molar refractivity (Wildman–Crippen MR) is 167 cm³/mol. The normalized spacial score (nSPS) is 37.3. The molecule has 0 N–H and O–H groups in total. The van der Waals surface area contributed by atoms with Crippen LogP contribution in [0.4, 0.5) is 4.79 Å². The lowest BCUT2D eigenvalue weighted by atomic mass is 9.47. The van der Waals surface area contributed by atoms with E-state index in [1.54, 1.807) is 11.1 Å². The zero-order valence-electron chi connectivity index (χ0n) is 26.0. The van der Waals surface area contributed by atoms with E-state index in [4.69, 9.17) is 9.47 Å². The van der Waals surface area contributed by atoms with Crippen LogP contribution in [0.1, 0.15) is 110 Å². The average molecular weight is 567 g/mol. The maximum atomic E-state index is 12.7. The number of hydrogen-bond acceptors (Lipinski definition) is 3. The first-order valence-electron chi connectivity index (χ1n) is 17.3. The second-order valence-corrected chi connectivity index (χ2v) is 16.2. The summed E-state index contributed by atoms with van der Waals surface area (Å²) < 4.78 is 11.4. The molecule has 3 nitrogen and oxygen atoms in total. The van der Waals surface area contributed by atoms with Gasteiger partial charge < -0.3 is 9.47 Å². The van der Waals surface area contributed by atoms with Gasteiger partial charge in [0, 0.05) is 12.8 Å². The van der Waals surface area contributed by atoms with Gasteiger partial charge in [-0.05, 0) is 159 Å². The minimum absolute atomic E-state index is 0.360. The number of ether oxygens (including phenoxy) is 2. The summed E-state index contributed by atoms with van der Waals surface area (Å²) in [7, 11) is 0. The standard InChI is InChI=1S/C39H50O3/c1-25-3-5-33(35(11-25)38-19-27-13-28(20-38)15-29(14-27)21-38)7-9-41-37(40)42-10-8-34-6-4-26(2)12-36(34)39-22-30-16-31(23-39)18-32(17-30)24-39/h3-6,11-12,27-32H,7-10,13-24H2,1-2H3. The topological polar surface area (TPSA) is 35.5 Å². The lowest BCUT2D eigenvalue weighted by molar-refractivity contribution is -0.00575. The molecule has 0 saturated heterocycles. The van der Waals surface area contributed by atoms with Crippen molar-refractivity contribution >= 4 is 6.16 Å². The smallest absolute Gasteiger partial charge is 0.434 e. The number of carbonyl (C=O) groups excluding carboxylic acids is 1. The molecule has 0 aromatic heterocycles. The number of benzene rings is 2. The Morgan fingerprint density at radius 3 is 1.26 bits per heavy atom. The third-order valence-electron chi connectivity index (χ3n) is 12.9. The zero-order valence-corrected chi connectivity index (χ0v) is 26.0. The van der Waals surface area contributed by atoms with E-state index in [0.717, 1.165) is 48.3 Å². The number of rotatable bonds is 8. The molecule has 0 amide bonds. The molecule has 0 spiro atoms. The fourth-order valence-corrected chi connectivity index (χ4v) is 12.2. The van der Waals surface area contributed by atoms with E-state index in [9.17, 15) is 4.79 Å². The van der Waals surface area contributed by atoms with Crippen molar-refractivity contribution in [3.05, 3.63) is 69.8 Å². The molecule has 8 aliphatic rings. The van der Waals surface area contributed by atoms with Crippen molar-refractivity contribution in [2.24, 2.45) is 35.5 Å². The summed E-state index contributed by atoms with van der Waals surface area (Å²) in [5.41, 5.74) is 9.33. The van der Waals surface area contributed by atoms with E-state index < -0.39 is 6.16 Å². The van der Waals surface area contributed by atoms with E-state index in [2.05, 4.69) is 50.2 Å². The van der Waals surface area contributed by atoms with Crippen molar-refractivity contribution in [3.8, 4) is 0 Å². The Kier molecular flexibility index (Phi) is 6.76. The van der Waals surface area contributed by atoms with E-state index in [-0.39, 0.29) is 0 Å². The highest BCUT2D eigenvalue weighted by molar-refractivity contribution is 5.60.